The van der Waals surface area contributed by atoms with Crippen molar-refractivity contribution in [3.05, 3.63) is 71.6 Å². The van der Waals surface area contributed by atoms with E-state index in [1.807, 2.05) is 0 Å². The molecule has 1 saturated heterocycles. The van der Waals surface area contributed by atoms with Crippen LogP contribution in [0.25, 0.3) is 11.5 Å². The second-order valence-electron chi connectivity index (χ2n) is 7.16. The van der Waals surface area contributed by atoms with Crippen molar-refractivity contribution in [1.29, 1.82) is 0 Å². The zero-order valence-electron chi connectivity index (χ0n) is 15.8. The first-order valence-corrected chi connectivity index (χ1v) is 9.73. The maximum atomic E-state index is 12.4. The number of aromatic nitrogens is 2. The zero-order chi connectivity index (χ0) is 19.2. The highest BCUT2D eigenvalue weighted by atomic mass is 16.4. The van der Waals surface area contributed by atoms with Crippen molar-refractivity contribution in [3.63, 3.8) is 0 Å². The molecule has 1 aromatic heterocycles. The Hall–Kier alpha value is -2.99. The molecule has 0 atom stereocenters. The number of piperidine rings is 1. The van der Waals surface area contributed by atoms with Crippen LogP contribution < -0.4 is 5.32 Å². The summed E-state index contributed by atoms with van der Waals surface area (Å²) in [5.41, 5.74) is 3.81. The van der Waals surface area contributed by atoms with Gasteiger partial charge in [-0.05, 0) is 61.3 Å². The van der Waals surface area contributed by atoms with Crippen LogP contribution in [-0.2, 0) is 13.1 Å². The van der Waals surface area contributed by atoms with E-state index >= 15 is 0 Å². The number of carbonyl (C=O) groups excluding carboxylic acids is 1. The third-order valence-corrected chi connectivity index (χ3v) is 5.08. The number of hydrogen-bond donors (Lipinski definition) is 1. The topological polar surface area (TPSA) is 71.3 Å². The lowest BCUT2D eigenvalue weighted by atomic mass is 10.1. The van der Waals surface area contributed by atoms with E-state index in [1.165, 1.54) is 44.3 Å². The third kappa shape index (κ3) is 4.64. The average molecular weight is 376 g/mol. The van der Waals surface area contributed by atoms with Gasteiger partial charge in [0.2, 0.25) is 12.3 Å². The molecule has 2 aromatic carbocycles. The molecule has 4 rings (SSSR count). The highest BCUT2D eigenvalue weighted by Crippen LogP contribution is 2.17. The molecule has 6 heteroatoms. The fraction of sp³-hybridized carbons (Fsp3) is 0.318. The minimum absolute atomic E-state index is 0.102. The Morgan fingerprint density at radius 1 is 0.964 bits per heavy atom. The summed E-state index contributed by atoms with van der Waals surface area (Å²) < 4.78 is 5.16. The second kappa shape index (κ2) is 8.80. The molecule has 2 heterocycles. The van der Waals surface area contributed by atoms with Crippen LogP contribution in [0.4, 0.5) is 0 Å². The Balaban J connectivity index is 1.29. The Morgan fingerprint density at radius 3 is 2.36 bits per heavy atom. The summed E-state index contributed by atoms with van der Waals surface area (Å²) in [6, 6.07) is 15.6. The quantitative estimate of drug-likeness (QED) is 0.711. The molecule has 0 unspecified atom stereocenters. The predicted molar refractivity (Wildman–Crippen MR) is 106 cm³/mol. The third-order valence-electron chi connectivity index (χ3n) is 5.08. The molecule has 144 valence electrons. The molecule has 28 heavy (non-hydrogen) atoms. The van der Waals surface area contributed by atoms with E-state index in [2.05, 4.69) is 44.7 Å². The molecule has 6 nitrogen and oxygen atoms in total. The molecular formula is C22H24N4O2. The van der Waals surface area contributed by atoms with Crippen LogP contribution in [0.5, 0.6) is 0 Å². The molecule has 0 spiro atoms. The monoisotopic (exact) mass is 376 g/mol. The van der Waals surface area contributed by atoms with E-state index in [-0.39, 0.29) is 5.91 Å². The normalized spacial score (nSPS) is 14.7. The molecule has 1 aliphatic heterocycles. The van der Waals surface area contributed by atoms with Gasteiger partial charge in [0.15, 0.2) is 0 Å². The lowest BCUT2D eigenvalue weighted by molar-refractivity contribution is 0.0951. The molecule has 1 aliphatic rings. The summed E-state index contributed by atoms with van der Waals surface area (Å²) >= 11 is 0. The van der Waals surface area contributed by atoms with Gasteiger partial charge < -0.3 is 9.73 Å². The number of benzene rings is 2. The summed E-state index contributed by atoms with van der Waals surface area (Å²) in [5.74, 6) is 0.339. The number of rotatable bonds is 6. The summed E-state index contributed by atoms with van der Waals surface area (Å²) in [5, 5.41) is 10.5. The molecule has 1 N–H and O–H groups in total. The van der Waals surface area contributed by atoms with Crippen LogP contribution in [0, 0.1) is 0 Å². The fourth-order valence-electron chi connectivity index (χ4n) is 3.49. The van der Waals surface area contributed by atoms with E-state index < -0.39 is 0 Å². The van der Waals surface area contributed by atoms with Gasteiger partial charge in [-0.15, -0.1) is 10.2 Å². The van der Waals surface area contributed by atoms with Crippen LogP contribution >= 0.6 is 0 Å². The van der Waals surface area contributed by atoms with Gasteiger partial charge in [0.25, 0.3) is 5.91 Å². The number of carbonyl (C=O) groups is 1. The Labute approximate surface area is 164 Å². The number of hydrogen-bond acceptors (Lipinski definition) is 5. The highest BCUT2D eigenvalue weighted by Gasteiger charge is 2.11. The number of likely N-dealkylation sites (tertiary alicyclic amines) is 1. The highest BCUT2D eigenvalue weighted by molar-refractivity contribution is 5.94. The smallest absolute Gasteiger partial charge is 0.251 e. The van der Waals surface area contributed by atoms with Crippen molar-refractivity contribution in [2.24, 2.45) is 0 Å². The fourth-order valence-corrected chi connectivity index (χ4v) is 3.49. The van der Waals surface area contributed by atoms with Crippen molar-refractivity contribution in [3.8, 4) is 11.5 Å². The maximum Gasteiger partial charge on any atom is 0.251 e. The molecule has 0 saturated carbocycles. The van der Waals surface area contributed by atoms with Gasteiger partial charge in [0.1, 0.15) is 0 Å². The van der Waals surface area contributed by atoms with Crippen LogP contribution in [0.3, 0.4) is 0 Å². The minimum atomic E-state index is -0.102. The maximum absolute atomic E-state index is 12.4. The van der Waals surface area contributed by atoms with Crippen molar-refractivity contribution in [1.82, 2.24) is 20.4 Å². The summed E-state index contributed by atoms with van der Waals surface area (Å²) in [6.07, 6.45) is 5.25. The van der Waals surface area contributed by atoms with Crippen molar-refractivity contribution < 1.29 is 9.21 Å². The van der Waals surface area contributed by atoms with Gasteiger partial charge in [0, 0.05) is 24.2 Å². The van der Waals surface area contributed by atoms with Crippen LogP contribution in [0.2, 0.25) is 0 Å². The van der Waals surface area contributed by atoms with E-state index in [9.17, 15) is 4.79 Å². The van der Waals surface area contributed by atoms with E-state index in [0.29, 0.717) is 18.0 Å². The molecule has 3 aromatic rings. The van der Waals surface area contributed by atoms with E-state index in [0.717, 1.165) is 17.7 Å². The lowest BCUT2D eigenvalue weighted by Crippen LogP contribution is -2.29. The van der Waals surface area contributed by atoms with Gasteiger partial charge in [0.05, 0.1) is 0 Å². The first-order chi connectivity index (χ1) is 13.8. The predicted octanol–water partition coefficient (Wildman–Crippen LogP) is 3.65. The number of nitrogens with one attached hydrogen (secondary N) is 1. The standard InChI is InChI=1S/C22H24N4O2/c27-21(19-8-10-20(11-9-19)22-25-24-16-28-22)23-14-17-4-6-18(7-5-17)15-26-12-2-1-3-13-26/h4-11,16H,1-3,12-15H2,(H,23,27). The van der Waals surface area contributed by atoms with Gasteiger partial charge in [-0.25, -0.2) is 0 Å². The molecule has 1 fully saturated rings. The Morgan fingerprint density at radius 2 is 1.68 bits per heavy atom. The molecule has 0 bridgehead atoms. The molecule has 1 amide bonds. The molecular weight excluding hydrogens is 352 g/mol. The Kier molecular flexibility index (Phi) is 5.77. The molecule has 0 radical (unpaired) electrons. The lowest BCUT2D eigenvalue weighted by Gasteiger charge is -2.26. The van der Waals surface area contributed by atoms with Gasteiger partial charge in [-0.2, -0.15) is 0 Å². The largest absolute Gasteiger partial charge is 0.423 e. The van der Waals surface area contributed by atoms with E-state index in [1.54, 1.807) is 24.3 Å². The van der Waals surface area contributed by atoms with Crippen molar-refractivity contribution in [2.75, 3.05) is 13.1 Å². The van der Waals surface area contributed by atoms with Gasteiger partial charge in [-0.3, -0.25) is 9.69 Å². The summed E-state index contributed by atoms with van der Waals surface area (Å²) in [7, 11) is 0. The summed E-state index contributed by atoms with van der Waals surface area (Å²) in [4.78, 5) is 14.9. The zero-order valence-corrected chi connectivity index (χ0v) is 15.8. The number of amides is 1. The van der Waals surface area contributed by atoms with Crippen LogP contribution in [-0.4, -0.2) is 34.1 Å². The SMILES string of the molecule is O=C(NCc1ccc(CN2CCCCC2)cc1)c1ccc(-c2nnco2)cc1. The average Bonchev–Trinajstić information content (AvgIpc) is 3.29. The summed E-state index contributed by atoms with van der Waals surface area (Å²) in [6.45, 7) is 3.92. The second-order valence-corrected chi connectivity index (χ2v) is 7.16. The van der Waals surface area contributed by atoms with Gasteiger partial charge in [-0.1, -0.05) is 30.7 Å². The Bertz CT molecular complexity index is 883. The van der Waals surface area contributed by atoms with Crippen molar-refractivity contribution >= 4 is 5.91 Å². The van der Waals surface area contributed by atoms with Gasteiger partial charge >= 0.3 is 0 Å². The first-order valence-electron chi connectivity index (χ1n) is 9.73. The van der Waals surface area contributed by atoms with Crippen molar-refractivity contribution in [2.45, 2.75) is 32.4 Å². The number of nitrogens with zero attached hydrogens (tertiary/aromatic N) is 3. The first kappa shape index (κ1) is 18.4. The van der Waals surface area contributed by atoms with E-state index in [4.69, 9.17) is 4.42 Å². The van der Waals surface area contributed by atoms with Crippen LogP contribution in [0.1, 0.15) is 40.7 Å². The van der Waals surface area contributed by atoms with Crippen LogP contribution in [0.15, 0.2) is 59.3 Å². The minimum Gasteiger partial charge on any atom is -0.423 e. The molecule has 0 aliphatic carbocycles.